The van der Waals surface area contributed by atoms with Crippen molar-refractivity contribution in [3.05, 3.63) is 65.2 Å². The summed E-state index contributed by atoms with van der Waals surface area (Å²) in [5.74, 6) is -4.41. The van der Waals surface area contributed by atoms with Crippen LogP contribution < -0.4 is 0 Å². The maximum atomic E-state index is 14.1. The molecule has 0 bridgehead atoms. The van der Waals surface area contributed by atoms with Gasteiger partial charge in [-0.15, -0.1) is 0 Å². The molecule has 1 aromatic carbocycles. The van der Waals surface area contributed by atoms with Crippen LogP contribution in [0.15, 0.2) is 41.7 Å². The van der Waals surface area contributed by atoms with Gasteiger partial charge in [0.05, 0.1) is 31.0 Å². The maximum Gasteiger partial charge on any atom is 0.286 e. The summed E-state index contributed by atoms with van der Waals surface area (Å²) < 4.78 is 79.6. The van der Waals surface area contributed by atoms with Gasteiger partial charge in [-0.25, -0.2) is 17.6 Å². The highest BCUT2D eigenvalue weighted by Crippen LogP contribution is 2.29. The highest BCUT2D eigenvalue weighted by Gasteiger charge is 2.34. The molecule has 0 saturated carbocycles. The Bertz CT molecular complexity index is 1280. The zero-order valence-electron chi connectivity index (χ0n) is 16.8. The average molecular weight is 487 g/mol. The Morgan fingerprint density at radius 1 is 1.18 bits per heavy atom. The number of nitrogens with zero attached hydrogens (tertiary/aromatic N) is 5. The summed E-state index contributed by atoms with van der Waals surface area (Å²) in [6, 6.07) is 3.32. The molecule has 0 unspecified atom stereocenters. The number of aromatic nitrogens is 4. The number of carbonyl (C=O) groups excluding carboxylic acids is 1. The van der Waals surface area contributed by atoms with Crippen LogP contribution in [-0.2, 0) is 34.5 Å². The van der Waals surface area contributed by atoms with E-state index in [0.29, 0.717) is 9.65 Å². The number of amides is 1. The number of hydrogen-bond acceptors (Lipinski definition) is 6. The second kappa shape index (κ2) is 8.59. The molecule has 1 amide bonds. The van der Waals surface area contributed by atoms with Crippen LogP contribution in [0.4, 0.5) is 17.6 Å². The van der Waals surface area contributed by atoms with E-state index in [1.165, 1.54) is 23.2 Å². The fourth-order valence-electron chi connectivity index (χ4n) is 3.55. The van der Waals surface area contributed by atoms with Crippen molar-refractivity contribution < 1.29 is 35.9 Å². The van der Waals surface area contributed by atoms with Crippen molar-refractivity contribution in [1.82, 2.24) is 23.9 Å². The average Bonchev–Trinajstić information content (AvgIpc) is 3.46. The minimum absolute atomic E-state index is 0.0677. The van der Waals surface area contributed by atoms with E-state index in [1.807, 2.05) is 0 Å². The second-order valence-corrected chi connectivity index (χ2v) is 9.14. The SMILES string of the molecule is O=C([C@H](CO)c1cccc(F)c1F)N1Cc2cn(S(=O)(=O)c3cnn(CC(F)F)c3)nc2C1. The standard InChI is InChI=1S/C19H17F4N5O4S/c20-15-3-1-2-13(18(15)23)14(10-29)19(30)26-5-11-6-28(25-16(11)8-26)33(31,32)12-4-24-27(7-12)9-17(21)22/h1-4,6-7,14,17,29H,5,8-10H2/t14-/m1/s1. The van der Waals surface area contributed by atoms with Gasteiger partial charge in [0.2, 0.25) is 5.91 Å². The summed E-state index contributed by atoms with van der Waals surface area (Å²) in [4.78, 5) is 13.8. The third kappa shape index (κ3) is 4.23. The van der Waals surface area contributed by atoms with Crippen LogP contribution in [0.25, 0.3) is 0 Å². The molecular formula is C19H17F4N5O4S. The van der Waals surface area contributed by atoms with E-state index in [0.717, 1.165) is 23.1 Å². The summed E-state index contributed by atoms with van der Waals surface area (Å²) in [5, 5.41) is 17.2. The summed E-state index contributed by atoms with van der Waals surface area (Å²) in [5.41, 5.74) is 0.354. The summed E-state index contributed by atoms with van der Waals surface area (Å²) in [7, 11) is -4.20. The molecule has 3 heterocycles. The van der Waals surface area contributed by atoms with Crippen molar-refractivity contribution in [2.45, 2.75) is 36.9 Å². The van der Waals surface area contributed by atoms with E-state index in [9.17, 15) is 35.9 Å². The van der Waals surface area contributed by atoms with E-state index in [2.05, 4.69) is 10.2 Å². The zero-order chi connectivity index (χ0) is 23.9. The van der Waals surface area contributed by atoms with Gasteiger partial charge in [0.25, 0.3) is 16.4 Å². The van der Waals surface area contributed by atoms with E-state index in [-0.39, 0.29) is 29.2 Å². The number of halogens is 4. The normalized spacial score (nSPS) is 14.7. The highest BCUT2D eigenvalue weighted by molar-refractivity contribution is 7.89. The molecule has 1 aliphatic rings. The van der Waals surface area contributed by atoms with Crippen LogP contribution in [0.3, 0.4) is 0 Å². The Labute approximate surface area is 184 Å². The van der Waals surface area contributed by atoms with Crippen molar-refractivity contribution in [1.29, 1.82) is 0 Å². The summed E-state index contributed by atoms with van der Waals surface area (Å²) >= 11 is 0. The van der Waals surface area contributed by atoms with Crippen molar-refractivity contribution in [3.63, 3.8) is 0 Å². The molecule has 1 atom stereocenters. The number of rotatable bonds is 7. The number of carbonyl (C=O) groups is 1. The van der Waals surface area contributed by atoms with Crippen molar-refractivity contribution >= 4 is 15.9 Å². The van der Waals surface area contributed by atoms with E-state index in [4.69, 9.17) is 0 Å². The first kappa shape index (κ1) is 22.9. The minimum atomic E-state index is -4.20. The van der Waals surface area contributed by atoms with Crippen molar-refractivity contribution in [2.75, 3.05) is 6.61 Å². The lowest BCUT2D eigenvalue weighted by Gasteiger charge is -2.22. The fraction of sp³-hybridized carbons (Fsp3) is 0.316. The molecule has 33 heavy (non-hydrogen) atoms. The van der Waals surface area contributed by atoms with E-state index in [1.54, 1.807) is 0 Å². The van der Waals surface area contributed by atoms with Gasteiger partial charge in [-0.05, 0) is 6.07 Å². The van der Waals surface area contributed by atoms with Gasteiger partial charge in [-0.1, -0.05) is 12.1 Å². The quantitative estimate of drug-likeness (QED) is 0.506. The van der Waals surface area contributed by atoms with Crippen LogP contribution in [0.5, 0.6) is 0 Å². The molecule has 14 heteroatoms. The Morgan fingerprint density at radius 2 is 1.94 bits per heavy atom. The summed E-state index contributed by atoms with van der Waals surface area (Å²) in [6.45, 7) is -1.71. The predicted molar refractivity (Wildman–Crippen MR) is 103 cm³/mol. The van der Waals surface area contributed by atoms with E-state index >= 15 is 0 Å². The van der Waals surface area contributed by atoms with Gasteiger partial charge in [0.1, 0.15) is 11.4 Å². The van der Waals surface area contributed by atoms with Crippen LogP contribution in [0, 0.1) is 11.6 Å². The molecule has 0 saturated heterocycles. The molecule has 0 fully saturated rings. The number of hydrogen-bond donors (Lipinski definition) is 1. The third-order valence-corrected chi connectivity index (χ3v) is 6.67. The number of alkyl halides is 2. The van der Waals surface area contributed by atoms with Crippen LogP contribution in [-0.4, -0.2) is 56.3 Å². The molecule has 2 aromatic heterocycles. The first-order valence-electron chi connectivity index (χ1n) is 9.59. The van der Waals surface area contributed by atoms with Crippen LogP contribution >= 0.6 is 0 Å². The molecule has 0 radical (unpaired) electrons. The lowest BCUT2D eigenvalue weighted by molar-refractivity contribution is -0.134. The fourth-order valence-corrected chi connectivity index (χ4v) is 4.68. The second-order valence-electron chi connectivity index (χ2n) is 7.34. The Kier molecular flexibility index (Phi) is 5.97. The maximum absolute atomic E-state index is 14.1. The van der Waals surface area contributed by atoms with Crippen molar-refractivity contribution in [2.24, 2.45) is 0 Å². The molecule has 0 aliphatic carbocycles. The number of aliphatic hydroxyl groups is 1. The van der Waals surface area contributed by atoms with Gasteiger partial charge in [-0.3, -0.25) is 9.48 Å². The van der Waals surface area contributed by atoms with Crippen molar-refractivity contribution in [3.8, 4) is 0 Å². The topological polar surface area (TPSA) is 110 Å². The smallest absolute Gasteiger partial charge is 0.286 e. The first-order valence-corrected chi connectivity index (χ1v) is 11.0. The van der Waals surface area contributed by atoms with Gasteiger partial charge < -0.3 is 10.0 Å². The third-order valence-electron chi connectivity index (χ3n) is 5.19. The minimum Gasteiger partial charge on any atom is -0.395 e. The van der Waals surface area contributed by atoms with Crippen LogP contribution in [0.1, 0.15) is 22.7 Å². The Hall–Kier alpha value is -3.26. The molecular weight excluding hydrogens is 470 g/mol. The Balaban J connectivity index is 1.52. The predicted octanol–water partition coefficient (Wildman–Crippen LogP) is 1.48. The number of aliphatic hydroxyl groups excluding tert-OH is 1. The molecule has 176 valence electrons. The summed E-state index contributed by atoms with van der Waals surface area (Å²) in [6.07, 6.45) is 0.364. The lowest BCUT2D eigenvalue weighted by Crippen LogP contribution is -2.33. The molecule has 1 aliphatic heterocycles. The number of fused-ring (bicyclic) bond motifs is 1. The van der Waals surface area contributed by atoms with Gasteiger partial charge >= 0.3 is 0 Å². The van der Waals surface area contributed by atoms with Crippen LogP contribution in [0.2, 0.25) is 0 Å². The van der Waals surface area contributed by atoms with Gasteiger partial charge in [-0.2, -0.15) is 22.7 Å². The molecule has 9 nitrogen and oxygen atoms in total. The first-order chi connectivity index (χ1) is 15.6. The largest absolute Gasteiger partial charge is 0.395 e. The molecule has 3 aromatic rings. The Morgan fingerprint density at radius 3 is 2.61 bits per heavy atom. The van der Waals surface area contributed by atoms with E-state index < -0.39 is 53.1 Å². The monoisotopic (exact) mass is 487 g/mol. The molecule has 1 N–H and O–H groups in total. The van der Waals surface area contributed by atoms with Gasteiger partial charge in [0.15, 0.2) is 11.6 Å². The highest BCUT2D eigenvalue weighted by atomic mass is 32.2. The molecule has 4 rings (SSSR count). The van der Waals surface area contributed by atoms with Gasteiger partial charge in [0, 0.05) is 30.1 Å². The lowest BCUT2D eigenvalue weighted by atomic mass is 9.97. The molecule has 0 spiro atoms. The zero-order valence-corrected chi connectivity index (χ0v) is 17.6. The number of benzene rings is 1.